The minimum atomic E-state index is 0. The number of aliphatic imine (C=N–C) groups is 1. The largest absolute Gasteiger partial charge is 0.494 e. The fourth-order valence-corrected chi connectivity index (χ4v) is 3.26. The number of ether oxygens (including phenoxy) is 1. The van der Waals surface area contributed by atoms with Gasteiger partial charge in [-0.2, -0.15) is 0 Å². The van der Waals surface area contributed by atoms with E-state index in [4.69, 9.17) is 4.74 Å². The van der Waals surface area contributed by atoms with Gasteiger partial charge in [0.25, 0.3) is 0 Å². The Morgan fingerprint density at radius 3 is 2.66 bits per heavy atom. The van der Waals surface area contributed by atoms with Crippen LogP contribution >= 0.6 is 24.0 Å². The molecular formula is C22H32IN5O. The first-order chi connectivity index (χ1) is 13.8. The second-order valence-corrected chi connectivity index (χ2v) is 6.94. The molecule has 0 saturated carbocycles. The molecule has 7 heteroatoms. The van der Waals surface area contributed by atoms with Crippen LogP contribution in [0.25, 0.3) is 0 Å². The maximum Gasteiger partial charge on any atom is 0.191 e. The van der Waals surface area contributed by atoms with Crippen LogP contribution in [-0.2, 0) is 6.54 Å². The summed E-state index contributed by atoms with van der Waals surface area (Å²) < 4.78 is 5.71. The number of aromatic nitrogens is 1. The van der Waals surface area contributed by atoms with E-state index in [1.165, 1.54) is 24.8 Å². The van der Waals surface area contributed by atoms with E-state index in [1.807, 2.05) is 36.5 Å². The Morgan fingerprint density at radius 2 is 1.90 bits per heavy atom. The van der Waals surface area contributed by atoms with Crippen molar-refractivity contribution in [2.45, 2.75) is 32.2 Å². The summed E-state index contributed by atoms with van der Waals surface area (Å²) in [7, 11) is 1.79. The Kier molecular flexibility index (Phi) is 10.6. The average molecular weight is 509 g/mol. The first-order valence-corrected chi connectivity index (χ1v) is 10.2. The SMILES string of the molecule is CN=C(NCCCOc1ccccc1)NCc1ccnc(N2CCCCC2)c1.I. The van der Waals surface area contributed by atoms with Crippen LogP contribution in [0.15, 0.2) is 53.7 Å². The Hall–Kier alpha value is -2.03. The molecule has 6 nitrogen and oxygen atoms in total. The van der Waals surface area contributed by atoms with E-state index in [0.717, 1.165) is 50.1 Å². The lowest BCUT2D eigenvalue weighted by atomic mass is 10.1. The number of nitrogens with zero attached hydrogens (tertiary/aromatic N) is 3. The van der Waals surface area contributed by atoms with Gasteiger partial charge in [-0.1, -0.05) is 18.2 Å². The summed E-state index contributed by atoms with van der Waals surface area (Å²) in [5, 5.41) is 6.71. The Balaban J connectivity index is 0.00000300. The second-order valence-electron chi connectivity index (χ2n) is 6.94. The van der Waals surface area contributed by atoms with Crippen LogP contribution in [0.4, 0.5) is 5.82 Å². The fourth-order valence-electron chi connectivity index (χ4n) is 3.26. The normalized spacial score (nSPS) is 14.1. The zero-order chi connectivity index (χ0) is 19.4. The molecule has 0 atom stereocenters. The lowest BCUT2D eigenvalue weighted by Crippen LogP contribution is -2.37. The van der Waals surface area contributed by atoms with Gasteiger partial charge in [0.15, 0.2) is 5.96 Å². The molecule has 2 N–H and O–H groups in total. The Bertz CT molecular complexity index is 735. The number of nitrogens with one attached hydrogen (secondary N) is 2. The van der Waals surface area contributed by atoms with Crippen molar-refractivity contribution >= 4 is 35.8 Å². The summed E-state index contributed by atoms with van der Waals surface area (Å²) in [4.78, 5) is 11.2. The highest BCUT2D eigenvalue weighted by Crippen LogP contribution is 2.18. The van der Waals surface area contributed by atoms with Crippen molar-refractivity contribution in [2.75, 3.05) is 38.2 Å². The lowest BCUT2D eigenvalue weighted by Gasteiger charge is -2.28. The molecule has 1 aliphatic rings. The average Bonchev–Trinajstić information content (AvgIpc) is 2.77. The standard InChI is InChI=1S/C22H31N5O.HI/c1-23-22(25-12-8-16-28-20-9-4-2-5-10-20)26-18-19-11-13-24-21(17-19)27-14-6-3-7-15-27;/h2,4-5,9-11,13,17H,3,6-8,12,14-16,18H2,1H3,(H2,23,25,26);1H. The first-order valence-electron chi connectivity index (χ1n) is 10.2. The van der Waals surface area contributed by atoms with Gasteiger partial charge >= 0.3 is 0 Å². The molecule has 1 aromatic carbocycles. The van der Waals surface area contributed by atoms with E-state index in [-0.39, 0.29) is 24.0 Å². The molecule has 0 radical (unpaired) electrons. The van der Waals surface area contributed by atoms with E-state index in [1.54, 1.807) is 7.05 Å². The molecule has 0 bridgehead atoms. The maximum atomic E-state index is 5.71. The van der Waals surface area contributed by atoms with Crippen LogP contribution in [0.2, 0.25) is 0 Å². The Morgan fingerprint density at radius 1 is 1.10 bits per heavy atom. The van der Waals surface area contributed by atoms with E-state index < -0.39 is 0 Å². The van der Waals surface area contributed by atoms with Gasteiger partial charge < -0.3 is 20.3 Å². The molecule has 0 aliphatic carbocycles. The summed E-state index contributed by atoms with van der Waals surface area (Å²) >= 11 is 0. The van der Waals surface area contributed by atoms with Crippen molar-refractivity contribution in [1.29, 1.82) is 0 Å². The smallest absolute Gasteiger partial charge is 0.191 e. The van der Waals surface area contributed by atoms with Crippen LogP contribution in [0.3, 0.4) is 0 Å². The van der Waals surface area contributed by atoms with E-state index in [9.17, 15) is 0 Å². The number of piperidine rings is 1. The first kappa shape index (κ1) is 23.3. The number of para-hydroxylation sites is 1. The van der Waals surface area contributed by atoms with Gasteiger partial charge in [0.1, 0.15) is 11.6 Å². The second kappa shape index (κ2) is 13.2. The molecular weight excluding hydrogens is 477 g/mol. The van der Waals surface area contributed by atoms with Gasteiger partial charge in [-0.05, 0) is 55.5 Å². The summed E-state index contributed by atoms with van der Waals surface area (Å²) in [5.74, 6) is 2.79. The van der Waals surface area contributed by atoms with Gasteiger partial charge in [0, 0.05) is 39.4 Å². The summed E-state index contributed by atoms with van der Waals surface area (Å²) in [6, 6.07) is 14.1. The van der Waals surface area contributed by atoms with Crippen molar-refractivity contribution in [3.8, 4) is 5.75 Å². The highest BCUT2D eigenvalue weighted by molar-refractivity contribution is 14.0. The molecule has 1 aliphatic heterocycles. The van der Waals surface area contributed by atoms with Crippen molar-refractivity contribution in [3.05, 3.63) is 54.2 Å². The zero-order valence-corrected chi connectivity index (χ0v) is 19.5. The molecule has 0 unspecified atom stereocenters. The number of hydrogen-bond donors (Lipinski definition) is 2. The molecule has 2 aromatic rings. The van der Waals surface area contributed by atoms with Crippen LogP contribution in [0.1, 0.15) is 31.2 Å². The van der Waals surface area contributed by atoms with Crippen molar-refractivity contribution in [1.82, 2.24) is 15.6 Å². The minimum Gasteiger partial charge on any atom is -0.494 e. The number of rotatable bonds is 8. The van der Waals surface area contributed by atoms with Crippen molar-refractivity contribution in [3.63, 3.8) is 0 Å². The topological polar surface area (TPSA) is 61.8 Å². The van der Waals surface area contributed by atoms with Gasteiger partial charge in [-0.15, -0.1) is 24.0 Å². The summed E-state index contributed by atoms with van der Waals surface area (Å²) in [6.07, 6.45) is 6.65. The number of hydrogen-bond acceptors (Lipinski definition) is 4. The maximum absolute atomic E-state index is 5.71. The van der Waals surface area contributed by atoms with E-state index >= 15 is 0 Å². The quantitative estimate of drug-likeness (QED) is 0.245. The highest BCUT2D eigenvalue weighted by Gasteiger charge is 2.12. The van der Waals surface area contributed by atoms with Gasteiger partial charge in [0.2, 0.25) is 0 Å². The number of halogens is 1. The van der Waals surface area contributed by atoms with Crippen LogP contribution in [0, 0.1) is 0 Å². The molecule has 1 fully saturated rings. The van der Waals surface area contributed by atoms with Crippen molar-refractivity contribution in [2.24, 2.45) is 4.99 Å². The molecule has 3 rings (SSSR count). The third-order valence-corrected chi connectivity index (χ3v) is 4.80. The van der Waals surface area contributed by atoms with Crippen molar-refractivity contribution < 1.29 is 4.74 Å². The lowest BCUT2D eigenvalue weighted by molar-refractivity contribution is 0.311. The predicted octanol–water partition coefficient (Wildman–Crippen LogP) is 3.82. The summed E-state index contributed by atoms with van der Waals surface area (Å²) in [6.45, 7) is 4.43. The number of guanidine groups is 1. The van der Waals surface area contributed by atoms with Gasteiger partial charge in [-0.3, -0.25) is 4.99 Å². The van der Waals surface area contributed by atoms with E-state index in [2.05, 4.69) is 37.6 Å². The zero-order valence-electron chi connectivity index (χ0n) is 17.1. The highest BCUT2D eigenvalue weighted by atomic mass is 127. The van der Waals surface area contributed by atoms with Crippen LogP contribution < -0.4 is 20.3 Å². The van der Waals surface area contributed by atoms with E-state index in [0.29, 0.717) is 6.61 Å². The minimum absolute atomic E-state index is 0. The summed E-state index contributed by atoms with van der Waals surface area (Å²) in [5.41, 5.74) is 1.21. The van der Waals surface area contributed by atoms with Gasteiger partial charge in [-0.25, -0.2) is 4.98 Å². The number of benzene rings is 1. The number of pyridine rings is 1. The monoisotopic (exact) mass is 509 g/mol. The molecule has 0 amide bonds. The third-order valence-electron chi connectivity index (χ3n) is 4.80. The fraction of sp³-hybridized carbons (Fsp3) is 0.455. The van der Waals surface area contributed by atoms with Crippen LogP contribution in [0.5, 0.6) is 5.75 Å². The Labute approximate surface area is 191 Å². The van der Waals surface area contributed by atoms with Gasteiger partial charge in [0.05, 0.1) is 6.61 Å². The molecule has 1 saturated heterocycles. The predicted molar refractivity (Wildman–Crippen MR) is 130 cm³/mol. The number of anilines is 1. The third kappa shape index (κ3) is 8.08. The molecule has 1 aromatic heterocycles. The molecule has 158 valence electrons. The van der Waals surface area contributed by atoms with Crippen LogP contribution in [-0.4, -0.2) is 44.2 Å². The molecule has 2 heterocycles. The molecule has 0 spiro atoms. The molecule has 29 heavy (non-hydrogen) atoms.